The second-order valence-electron chi connectivity index (χ2n) is 4.83. The van der Waals surface area contributed by atoms with Gasteiger partial charge >= 0.3 is 0 Å². The number of nitrogens with one attached hydrogen (secondary N) is 2. The van der Waals surface area contributed by atoms with Crippen molar-refractivity contribution in [1.29, 1.82) is 0 Å². The van der Waals surface area contributed by atoms with E-state index >= 15 is 0 Å². The van der Waals surface area contributed by atoms with E-state index in [4.69, 9.17) is 4.99 Å². The molecule has 0 radical (unpaired) electrons. The van der Waals surface area contributed by atoms with Crippen LogP contribution in [0.3, 0.4) is 0 Å². The number of hydrogen-bond acceptors (Lipinski definition) is 4. The van der Waals surface area contributed by atoms with E-state index in [-0.39, 0.29) is 5.50 Å². The Hall–Kier alpha value is -0.640. The molecule has 0 bridgehead atoms. The summed E-state index contributed by atoms with van der Waals surface area (Å²) in [5.74, 6) is 2.23. The van der Waals surface area contributed by atoms with Crippen LogP contribution in [0.1, 0.15) is 46.0 Å². The average Bonchev–Trinajstić information content (AvgIpc) is 2.78. The van der Waals surface area contributed by atoms with Crippen LogP contribution in [-0.4, -0.2) is 23.1 Å². The molecule has 2 rings (SSSR count). The minimum Gasteiger partial charge on any atom is -0.367 e. The Labute approximate surface area is 109 Å². The summed E-state index contributed by atoms with van der Waals surface area (Å²) in [5, 5.41) is 6.98. The van der Waals surface area contributed by atoms with E-state index in [1.165, 1.54) is 37.8 Å². The number of hydrogen-bond donors (Lipinski definition) is 2. The van der Waals surface area contributed by atoms with Crippen LogP contribution in [0, 0.1) is 0 Å². The molecular weight excluding hydrogens is 230 g/mol. The molecule has 1 heterocycles. The number of rotatable bonds is 4. The molecule has 2 aliphatic rings. The van der Waals surface area contributed by atoms with Gasteiger partial charge in [0.2, 0.25) is 0 Å². The Kier molecular flexibility index (Phi) is 4.77. The van der Waals surface area contributed by atoms with Gasteiger partial charge < -0.3 is 10.6 Å². The molecule has 0 saturated heterocycles. The summed E-state index contributed by atoms with van der Waals surface area (Å²) in [6.07, 6.45) is 8.64. The van der Waals surface area contributed by atoms with Gasteiger partial charge in [-0.05, 0) is 38.0 Å². The van der Waals surface area contributed by atoms with Gasteiger partial charge in [-0.15, -0.1) is 11.8 Å². The van der Waals surface area contributed by atoms with Gasteiger partial charge in [0, 0.05) is 11.7 Å². The summed E-state index contributed by atoms with van der Waals surface area (Å²) in [5.41, 5.74) is 1.41. The first-order valence-corrected chi connectivity index (χ1v) is 7.73. The van der Waals surface area contributed by atoms with Crippen molar-refractivity contribution in [2.24, 2.45) is 4.99 Å². The molecule has 1 fully saturated rings. The fourth-order valence-electron chi connectivity index (χ4n) is 2.30. The predicted octanol–water partition coefficient (Wildman–Crippen LogP) is 2.85. The molecular formula is C13H23N3S. The first-order valence-electron chi connectivity index (χ1n) is 6.68. The lowest BCUT2D eigenvalue weighted by Crippen LogP contribution is -2.38. The van der Waals surface area contributed by atoms with Gasteiger partial charge in [-0.3, -0.25) is 0 Å². The number of aliphatic imine (C=N–C) groups is 1. The number of allylic oxidation sites excluding steroid dienone is 1. The second kappa shape index (κ2) is 6.34. The van der Waals surface area contributed by atoms with Crippen LogP contribution in [-0.2, 0) is 0 Å². The van der Waals surface area contributed by atoms with E-state index in [9.17, 15) is 0 Å². The fraction of sp³-hybridized carbons (Fsp3) is 0.769. The number of amidine groups is 1. The molecule has 96 valence electrons. The smallest absolute Gasteiger partial charge is 0.168 e. The lowest BCUT2D eigenvalue weighted by atomic mass is 10.2. The van der Waals surface area contributed by atoms with Crippen molar-refractivity contribution in [2.75, 3.05) is 5.75 Å². The Bertz CT molecular complexity index is 306. The van der Waals surface area contributed by atoms with Crippen LogP contribution < -0.4 is 10.6 Å². The van der Waals surface area contributed by atoms with Crippen LogP contribution in [0.5, 0.6) is 0 Å². The normalized spacial score (nSPS) is 25.2. The maximum Gasteiger partial charge on any atom is 0.168 e. The lowest BCUT2D eigenvalue weighted by molar-refractivity contribution is 0.623. The predicted molar refractivity (Wildman–Crippen MR) is 76.3 cm³/mol. The number of nitrogens with zero attached hydrogens (tertiary/aromatic N) is 1. The molecule has 0 aromatic rings. The van der Waals surface area contributed by atoms with Gasteiger partial charge in [-0.1, -0.05) is 19.8 Å². The quantitative estimate of drug-likeness (QED) is 0.809. The van der Waals surface area contributed by atoms with E-state index in [1.807, 2.05) is 11.8 Å². The van der Waals surface area contributed by atoms with Crippen molar-refractivity contribution in [3.63, 3.8) is 0 Å². The molecule has 0 aromatic carbocycles. The third kappa shape index (κ3) is 3.95. The zero-order valence-electron chi connectivity index (χ0n) is 10.8. The lowest BCUT2D eigenvalue weighted by Gasteiger charge is -2.23. The highest BCUT2D eigenvalue weighted by Gasteiger charge is 2.18. The molecule has 1 atom stereocenters. The van der Waals surface area contributed by atoms with Gasteiger partial charge in [0.05, 0.1) is 0 Å². The number of thioether (sulfide) groups is 1. The standard InChI is InChI=1S/C13H23N3S/c1-3-8-17-13-14-10(2)9-12(16-13)15-11-6-4-5-7-11/h9,11,13-14H,3-8H2,1-2H3,(H,15,16). The first kappa shape index (κ1) is 12.8. The molecule has 0 amide bonds. The fourth-order valence-corrected chi connectivity index (χ4v) is 3.22. The van der Waals surface area contributed by atoms with Crippen molar-refractivity contribution in [1.82, 2.24) is 10.6 Å². The highest BCUT2D eigenvalue weighted by atomic mass is 32.2. The van der Waals surface area contributed by atoms with Gasteiger partial charge in [-0.25, -0.2) is 4.99 Å². The molecule has 0 spiro atoms. The first-order chi connectivity index (χ1) is 8.28. The van der Waals surface area contributed by atoms with E-state index < -0.39 is 0 Å². The summed E-state index contributed by atoms with van der Waals surface area (Å²) < 4.78 is 0. The summed E-state index contributed by atoms with van der Waals surface area (Å²) in [6.45, 7) is 4.32. The highest BCUT2D eigenvalue weighted by Crippen LogP contribution is 2.20. The molecule has 1 aliphatic carbocycles. The molecule has 4 heteroatoms. The van der Waals surface area contributed by atoms with Crippen LogP contribution in [0.25, 0.3) is 0 Å². The summed E-state index contributed by atoms with van der Waals surface area (Å²) in [6, 6.07) is 0.646. The van der Waals surface area contributed by atoms with Gasteiger partial charge in [0.1, 0.15) is 5.84 Å². The molecule has 1 aliphatic heterocycles. The Morgan fingerprint density at radius 1 is 1.47 bits per heavy atom. The molecule has 17 heavy (non-hydrogen) atoms. The monoisotopic (exact) mass is 253 g/mol. The summed E-state index contributed by atoms with van der Waals surface area (Å²) in [7, 11) is 0. The van der Waals surface area contributed by atoms with Crippen molar-refractivity contribution in [2.45, 2.75) is 57.5 Å². The van der Waals surface area contributed by atoms with Crippen molar-refractivity contribution >= 4 is 17.6 Å². The minimum atomic E-state index is 0.198. The third-order valence-electron chi connectivity index (χ3n) is 3.15. The largest absolute Gasteiger partial charge is 0.367 e. The van der Waals surface area contributed by atoms with Gasteiger partial charge in [0.15, 0.2) is 5.50 Å². The van der Waals surface area contributed by atoms with E-state index in [0.29, 0.717) is 6.04 Å². The maximum absolute atomic E-state index is 4.71. The van der Waals surface area contributed by atoms with E-state index in [2.05, 4.69) is 30.6 Å². The average molecular weight is 253 g/mol. The van der Waals surface area contributed by atoms with Crippen LogP contribution >= 0.6 is 11.8 Å². The van der Waals surface area contributed by atoms with Crippen LogP contribution in [0.2, 0.25) is 0 Å². The second-order valence-corrected chi connectivity index (χ2v) is 6.02. The highest BCUT2D eigenvalue weighted by molar-refractivity contribution is 7.99. The van der Waals surface area contributed by atoms with Crippen molar-refractivity contribution in [3.8, 4) is 0 Å². The zero-order chi connectivity index (χ0) is 12.1. The van der Waals surface area contributed by atoms with E-state index in [0.717, 1.165) is 11.6 Å². The van der Waals surface area contributed by atoms with Crippen molar-refractivity contribution < 1.29 is 0 Å². The van der Waals surface area contributed by atoms with Crippen molar-refractivity contribution in [3.05, 3.63) is 11.8 Å². The topological polar surface area (TPSA) is 36.4 Å². The Morgan fingerprint density at radius 3 is 2.94 bits per heavy atom. The van der Waals surface area contributed by atoms with Gasteiger partial charge in [-0.2, -0.15) is 0 Å². The molecule has 2 N–H and O–H groups in total. The molecule has 1 unspecified atom stereocenters. The summed E-state index contributed by atoms with van der Waals surface area (Å²) in [4.78, 5) is 4.71. The molecule has 3 nitrogen and oxygen atoms in total. The van der Waals surface area contributed by atoms with Gasteiger partial charge in [0.25, 0.3) is 0 Å². The van der Waals surface area contributed by atoms with Crippen LogP contribution in [0.4, 0.5) is 0 Å². The van der Waals surface area contributed by atoms with E-state index in [1.54, 1.807) is 0 Å². The third-order valence-corrected chi connectivity index (χ3v) is 4.33. The Balaban J connectivity index is 1.90. The van der Waals surface area contributed by atoms with Crippen LogP contribution in [0.15, 0.2) is 16.8 Å². The summed E-state index contributed by atoms with van der Waals surface area (Å²) >= 11 is 1.88. The molecule has 1 saturated carbocycles. The molecule has 0 aromatic heterocycles. The Morgan fingerprint density at radius 2 is 2.24 bits per heavy atom. The maximum atomic E-state index is 4.71. The zero-order valence-corrected chi connectivity index (χ0v) is 11.6. The SMILES string of the molecule is CCCSC1N=C(NC2CCCC2)C=C(C)N1. The minimum absolute atomic E-state index is 0.198.